The van der Waals surface area contributed by atoms with Crippen LogP contribution in [0.5, 0.6) is 0 Å². The molecule has 0 bridgehead atoms. The van der Waals surface area contributed by atoms with E-state index < -0.39 is 28.7 Å². The minimum absolute atomic E-state index is 0.0134. The maximum Gasteiger partial charge on any atom is 0.337 e. The highest BCUT2D eigenvalue weighted by Crippen LogP contribution is 2.42. The maximum atomic E-state index is 12.6. The molecule has 1 aromatic rings. The van der Waals surface area contributed by atoms with Gasteiger partial charge < -0.3 is 20.0 Å². The van der Waals surface area contributed by atoms with Crippen LogP contribution >= 0.6 is 0 Å². The molecule has 0 aromatic carbocycles. The molecule has 2 aliphatic heterocycles. The van der Waals surface area contributed by atoms with E-state index in [-0.39, 0.29) is 29.4 Å². The molecule has 0 aliphatic carbocycles. The third-order valence-corrected chi connectivity index (χ3v) is 5.20. The van der Waals surface area contributed by atoms with Crippen molar-refractivity contribution in [1.29, 1.82) is 0 Å². The minimum atomic E-state index is -1.64. The molecule has 0 spiro atoms. The Hall–Kier alpha value is -2.68. The number of hydrogen-bond donors (Lipinski definition) is 1. The van der Waals surface area contributed by atoms with Crippen molar-refractivity contribution in [3.63, 3.8) is 0 Å². The molecule has 0 saturated carbocycles. The SMILES string of the molecule is CCOC(=O)C1=C(C)NC2=C(C(=O)OC2)C1c1ccc[n+]([O-])c1S(C)=O. The Morgan fingerprint density at radius 3 is 2.92 bits per heavy atom. The number of hydrogen-bond acceptors (Lipinski definition) is 7. The van der Waals surface area contributed by atoms with Crippen LogP contribution in [0, 0.1) is 5.21 Å². The monoisotopic (exact) mass is 378 g/mol. The maximum absolute atomic E-state index is 12.6. The van der Waals surface area contributed by atoms with Gasteiger partial charge in [-0.25, -0.2) is 13.8 Å². The van der Waals surface area contributed by atoms with E-state index in [1.165, 1.54) is 18.5 Å². The van der Waals surface area contributed by atoms with Gasteiger partial charge in [0.1, 0.15) is 17.4 Å². The van der Waals surface area contributed by atoms with Crippen LogP contribution in [0.4, 0.5) is 0 Å². The summed E-state index contributed by atoms with van der Waals surface area (Å²) in [6.45, 7) is 3.56. The predicted molar refractivity (Wildman–Crippen MR) is 90.9 cm³/mol. The topological polar surface area (TPSA) is 109 Å². The van der Waals surface area contributed by atoms with Crippen LogP contribution in [0.15, 0.2) is 45.9 Å². The molecule has 1 N–H and O–H groups in total. The third-order valence-electron chi connectivity index (χ3n) is 4.24. The second kappa shape index (κ2) is 6.91. The van der Waals surface area contributed by atoms with Crippen LogP contribution in [-0.2, 0) is 29.9 Å². The molecular formula is C17H18N2O6S. The zero-order valence-electron chi connectivity index (χ0n) is 14.5. The molecule has 26 heavy (non-hydrogen) atoms. The summed E-state index contributed by atoms with van der Waals surface area (Å²) in [7, 11) is -1.64. The summed E-state index contributed by atoms with van der Waals surface area (Å²) < 4.78 is 22.9. The molecular weight excluding hydrogens is 360 g/mol. The van der Waals surface area contributed by atoms with Crippen molar-refractivity contribution in [2.24, 2.45) is 0 Å². The van der Waals surface area contributed by atoms with E-state index in [2.05, 4.69) is 5.32 Å². The number of nitrogens with one attached hydrogen (secondary N) is 1. The molecule has 8 nitrogen and oxygen atoms in total. The van der Waals surface area contributed by atoms with Gasteiger partial charge in [-0.2, -0.15) is 4.73 Å². The van der Waals surface area contributed by atoms with Crippen molar-refractivity contribution in [3.05, 3.63) is 51.6 Å². The lowest BCUT2D eigenvalue weighted by Gasteiger charge is -2.27. The molecule has 1 aromatic heterocycles. The summed E-state index contributed by atoms with van der Waals surface area (Å²) in [6.07, 6.45) is 2.60. The molecule has 0 fully saturated rings. The van der Waals surface area contributed by atoms with Gasteiger partial charge in [0.2, 0.25) is 0 Å². The molecule has 2 unspecified atom stereocenters. The Morgan fingerprint density at radius 2 is 2.27 bits per heavy atom. The van der Waals surface area contributed by atoms with Crippen molar-refractivity contribution in [1.82, 2.24) is 5.32 Å². The van der Waals surface area contributed by atoms with Crippen molar-refractivity contribution in [3.8, 4) is 0 Å². The molecule has 9 heteroatoms. The molecule has 0 saturated heterocycles. The van der Waals surface area contributed by atoms with Crippen LogP contribution in [0.25, 0.3) is 0 Å². The minimum Gasteiger partial charge on any atom is -0.618 e. The van der Waals surface area contributed by atoms with Gasteiger partial charge >= 0.3 is 11.9 Å². The first kappa shape index (κ1) is 18.1. The number of carbonyl (C=O) groups excluding carboxylic acids is 2. The highest BCUT2D eigenvalue weighted by atomic mass is 32.2. The highest BCUT2D eigenvalue weighted by Gasteiger charge is 2.44. The fraction of sp³-hybridized carbons (Fsp3) is 0.353. The van der Waals surface area contributed by atoms with Crippen LogP contribution in [-0.4, -0.2) is 35.6 Å². The Bertz CT molecular complexity index is 889. The first-order chi connectivity index (χ1) is 12.4. The zero-order valence-corrected chi connectivity index (χ0v) is 15.3. The Balaban J connectivity index is 2.27. The van der Waals surface area contributed by atoms with E-state index in [0.717, 1.165) is 0 Å². The normalized spacial score (nSPS) is 20.4. The number of nitrogens with zero attached hydrogens (tertiary/aromatic N) is 1. The van der Waals surface area contributed by atoms with Gasteiger partial charge in [0, 0.05) is 23.6 Å². The fourth-order valence-corrected chi connectivity index (χ4v) is 4.09. The lowest BCUT2D eigenvalue weighted by atomic mass is 9.81. The summed E-state index contributed by atoms with van der Waals surface area (Å²) in [5.74, 6) is -2.08. The van der Waals surface area contributed by atoms with Gasteiger partial charge in [-0.1, -0.05) is 0 Å². The van der Waals surface area contributed by atoms with Crippen molar-refractivity contribution in [2.75, 3.05) is 19.5 Å². The second-order valence-electron chi connectivity index (χ2n) is 5.83. The van der Waals surface area contributed by atoms with Gasteiger partial charge in [-0.05, 0) is 19.9 Å². The Labute approximate surface area is 152 Å². The summed E-state index contributed by atoms with van der Waals surface area (Å²) in [5, 5.41) is 15.2. The number of pyridine rings is 1. The second-order valence-corrected chi connectivity index (χ2v) is 7.13. The zero-order chi connectivity index (χ0) is 19.0. The molecule has 3 heterocycles. The summed E-state index contributed by atoms with van der Waals surface area (Å²) in [6, 6.07) is 3.07. The van der Waals surface area contributed by atoms with Crippen LogP contribution in [0.2, 0.25) is 0 Å². The average Bonchev–Trinajstić information content (AvgIpc) is 2.93. The molecule has 2 aliphatic rings. The van der Waals surface area contributed by atoms with Crippen LogP contribution in [0.1, 0.15) is 25.3 Å². The number of aromatic nitrogens is 1. The van der Waals surface area contributed by atoms with E-state index >= 15 is 0 Å². The first-order valence-corrected chi connectivity index (χ1v) is 9.53. The summed E-state index contributed by atoms with van der Waals surface area (Å²) in [5.41, 5.74) is 1.77. The van der Waals surface area contributed by atoms with Crippen LogP contribution in [0.3, 0.4) is 0 Å². The van der Waals surface area contributed by atoms with E-state index in [1.807, 2.05) is 0 Å². The number of dihydropyridines is 1. The molecule has 0 radical (unpaired) electrons. The number of allylic oxidation sites excluding steroid dienone is 1. The Morgan fingerprint density at radius 1 is 1.54 bits per heavy atom. The Kier molecular flexibility index (Phi) is 4.82. The number of esters is 2. The van der Waals surface area contributed by atoms with Crippen molar-refractivity contribution < 1.29 is 28.0 Å². The van der Waals surface area contributed by atoms with Crippen molar-refractivity contribution >= 4 is 22.7 Å². The highest BCUT2D eigenvalue weighted by molar-refractivity contribution is 7.84. The smallest absolute Gasteiger partial charge is 0.337 e. The third kappa shape index (κ3) is 2.88. The molecule has 138 valence electrons. The van der Waals surface area contributed by atoms with E-state index in [4.69, 9.17) is 9.47 Å². The fourth-order valence-electron chi connectivity index (χ4n) is 3.26. The number of carbonyl (C=O) groups is 2. The number of ether oxygens (including phenoxy) is 2. The van der Waals surface area contributed by atoms with E-state index in [1.54, 1.807) is 19.9 Å². The predicted octanol–water partition coefficient (Wildman–Crippen LogP) is 0.392. The quantitative estimate of drug-likeness (QED) is 0.459. The van der Waals surface area contributed by atoms with Gasteiger partial charge in [0.25, 0.3) is 5.03 Å². The summed E-state index contributed by atoms with van der Waals surface area (Å²) in [4.78, 5) is 24.9. The van der Waals surface area contributed by atoms with Gasteiger partial charge in [0.15, 0.2) is 6.20 Å². The first-order valence-electron chi connectivity index (χ1n) is 7.97. The average molecular weight is 378 g/mol. The number of rotatable bonds is 4. The van der Waals surface area contributed by atoms with Crippen molar-refractivity contribution in [2.45, 2.75) is 24.8 Å². The van der Waals surface area contributed by atoms with E-state index in [9.17, 15) is 19.0 Å². The number of cyclic esters (lactones) is 1. The summed E-state index contributed by atoms with van der Waals surface area (Å²) >= 11 is 0. The van der Waals surface area contributed by atoms with Gasteiger partial charge in [-0.15, -0.1) is 0 Å². The van der Waals surface area contributed by atoms with Gasteiger partial charge in [-0.3, -0.25) is 0 Å². The largest absolute Gasteiger partial charge is 0.618 e. The lowest BCUT2D eigenvalue weighted by Crippen LogP contribution is -2.36. The van der Waals surface area contributed by atoms with E-state index in [0.29, 0.717) is 21.7 Å². The molecule has 2 atom stereocenters. The lowest BCUT2D eigenvalue weighted by molar-refractivity contribution is -0.646. The van der Waals surface area contributed by atoms with Crippen LogP contribution < -0.4 is 10.0 Å². The molecule has 3 rings (SSSR count). The van der Waals surface area contributed by atoms with Gasteiger partial charge in [0.05, 0.1) is 29.4 Å². The standard InChI is InChI=1S/C17H18N2O6S/c1-4-24-16(20)12-9(2)18-11-8-25-17(21)14(11)13(12)10-6-5-7-19(22)15(10)26(3)23/h5-7,13,18H,4,8H2,1-3H3. The molecule has 0 amide bonds.